The molecule has 0 N–H and O–H groups in total. The topological polar surface area (TPSA) is 38.2 Å². The first-order chi connectivity index (χ1) is 8.85. The van der Waals surface area contributed by atoms with Gasteiger partial charge in [0.25, 0.3) is 0 Å². The molecule has 1 aromatic rings. The van der Waals surface area contributed by atoms with E-state index in [0.717, 1.165) is 24.1 Å². The lowest BCUT2D eigenvalue weighted by Crippen LogP contribution is -2.40. The Hall–Kier alpha value is -0.840. The molecule has 0 amide bonds. The van der Waals surface area contributed by atoms with Crippen LogP contribution in [0.2, 0.25) is 0 Å². The van der Waals surface area contributed by atoms with Crippen LogP contribution in [0, 0.1) is 0 Å². The summed E-state index contributed by atoms with van der Waals surface area (Å²) in [5, 5.41) is 1.03. The lowest BCUT2D eigenvalue weighted by molar-refractivity contribution is 0.324. The zero-order chi connectivity index (χ0) is 12.8. The van der Waals surface area contributed by atoms with Gasteiger partial charge in [0.1, 0.15) is 0 Å². The monoisotopic (exact) mass is 313 g/mol. The molecule has 1 unspecified atom stereocenters. The number of ether oxygens (including phenoxy) is 1. The molecule has 0 aromatic carbocycles. The van der Waals surface area contributed by atoms with Crippen molar-refractivity contribution < 1.29 is 4.74 Å². The van der Waals surface area contributed by atoms with Crippen LogP contribution in [-0.4, -0.2) is 34.5 Å². The normalized spacial score (nSPS) is 19.9. The van der Waals surface area contributed by atoms with Crippen LogP contribution in [0.15, 0.2) is 12.4 Å². The summed E-state index contributed by atoms with van der Waals surface area (Å²) < 4.78 is 5.42. The number of hydrogen-bond donors (Lipinski definition) is 0. The molecular formula is C13H20BrN3O. The van der Waals surface area contributed by atoms with Gasteiger partial charge in [0.15, 0.2) is 5.82 Å². The zero-order valence-electron chi connectivity index (χ0n) is 10.8. The molecule has 1 aromatic heterocycles. The summed E-state index contributed by atoms with van der Waals surface area (Å²) in [6, 6.07) is 0.573. The molecule has 100 valence electrons. The third-order valence-corrected chi connectivity index (χ3v) is 3.71. The van der Waals surface area contributed by atoms with Gasteiger partial charge < -0.3 is 9.64 Å². The average molecular weight is 314 g/mol. The molecule has 0 saturated carbocycles. The lowest BCUT2D eigenvalue weighted by Gasteiger charge is -2.36. The molecule has 0 aliphatic carbocycles. The molecule has 2 rings (SSSR count). The number of alkyl halides is 1. The Morgan fingerprint density at radius 2 is 2.33 bits per heavy atom. The summed E-state index contributed by atoms with van der Waals surface area (Å²) >= 11 is 3.54. The van der Waals surface area contributed by atoms with Gasteiger partial charge in [0, 0.05) is 17.9 Å². The van der Waals surface area contributed by atoms with Crippen LogP contribution in [0.4, 0.5) is 5.82 Å². The average Bonchev–Trinajstić information content (AvgIpc) is 2.40. The highest BCUT2D eigenvalue weighted by Crippen LogP contribution is 2.26. The molecule has 1 saturated heterocycles. The summed E-state index contributed by atoms with van der Waals surface area (Å²) in [6.07, 6.45) is 8.46. The first-order valence-electron chi connectivity index (χ1n) is 6.62. The second-order valence-corrected chi connectivity index (χ2v) is 5.26. The molecule has 1 fully saturated rings. The lowest BCUT2D eigenvalue weighted by atomic mass is 10.0. The highest BCUT2D eigenvalue weighted by Gasteiger charge is 2.23. The molecule has 1 aliphatic heterocycles. The Morgan fingerprint density at radius 3 is 3.11 bits per heavy atom. The zero-order valence-corrected chi connectivity index (χ0v) is 12.4. The van der Waals surface area contributed by atoms with Gasteiger partial charge in [0.05, 0.1) is 19.0 Å². The van der Waals surface area contributed by atoms with E-state index in [1.807, 2.05) is 13.1 Å². The number of piperidine rings is 1. The third-order valence-electron chi connectivity index (χ3n) is 3.26. The minimum atomic E-state index is 0.573. The van der Waals surface area contributed by atoms with E-state index in [0.29, 0.717) is 18.5 Å². The first-order valence-corrected chi connectivity index (χ1v) is 7.74. The second kappa shape index (κ2) is 6.92. The van der Waals surface area contributed by atoms with Crippen molar-refractivity contribution in [1.29, 1.82) is 0 Å². The van der Waals surface area contributed by atoms with Gasteiger partial charge in [-0.3, -0.25) is 4.98 Å². The van der Waals surface area contributed by atoms with E-state index in [4.69, 9.17) is 4.74 Å². The van der Waals surface area contributed by atoms with E-state index < -0.39 is 0 Å². The van der Waals surface area contributed by atoms with Crippen molar-refractivity contribution in [1.82, 2.24) is 9.97 Å². The Morgan fingerprint density at radius 1 is 1.44 bits per heavy atom. The van der Waals surface area contributed by atoms with Gasteiger partial charge in [-0.25, -0.2) is 0 Å². The van der Waals surface area contributed by atoms with Crippen LogP contribution in [-0.2, 0) is 0 Å². The Balaban J connectivity index is 2.14. The number of aromatic nitrogens is 2. The minimum absolute atomic E-state index is 0.573. The predicted octanol–water partition coefficient (Wildman–Crippen LogP) is 3.02. The van der Waals surface area contributed by atoms with Crippen molar-refractivity contribution >= 4 is 21.7 Å². The van der Waals surface area contributed by atoms with Gasteiger partial charge in [-0.1, -0.05) is 15.9 Å². The molecule has 5 heteroatoms. The van der Waals surface area contributed by atoms with Crippen LogP contribution < -0.4 is 9.64 Å². The summed E-state index contributed by atoms with van der Waals surface area (Å²) in [7, 11) is 0. The van der Waals surface area contributed by atoms with Crippen LogP contribution in [0.5, 0.6) is 5.88 Å². The Bertz CT molecular complexity index is 373. The molecule has 18 heavy (non-hydrogen) atoms. The number of halogens is 1. The van der Waals surface area contributed by atoms with Crippen LogP contribution in [0.25, 0.3) is 0 Å². The maximum atomic E-state index is 5.42. The van der Waals surface area contributed by atoms with Gasteiger partial charge >= 0.3 is 0 Å². The standard InChI is InChI=1S/C13H20BrN3O/c1-2-18-13-10-15-9-12(16-13)17-8-4-3-5-11(17)6-7-14/h9-11H,2-8H2,1H3. The van der Waals surface area contributed by atoms with E-state index >= 15 is 0 Å². The molecule has 0 bridgehead atoms. The Kier molecular flexibility index (Phi) is 5.23. The van der Waals surface area contributed by atoms with Gasteiger partial charge in [-0.15, -0.1) is 0 Å². The molecule has 0 spiro atoms. The molecule has 1 atom stereocenters. The van der Waals surface area contributed by atoms with Gasteiger partial charge in [0.2, 0.25) is 5.88 Å². The SMILES string of the molecule is CCOc1cncc(N2CCCCC2CCBr)n1. The molecule has 0 radical (unpaired) electrons. The molecular weight excluding hydrogens is 294 g/mol. The minimum Gasteiger partial charge on any atom is -0.477 e. The molecule has 4 nitrogen and oxygen atoms in total. The van der Waals surface area contributed by atoms with Crippen LogP contribution in [0.3, 0.4) is 0 Å². The number of rotatable bonds is 5. The van der Waals surface area contributed by atoms with Crippen LogP contribution >= 0.6 is 15.9 Å². The number of hydrogen-bond acceptors (Lipinski definition) is 4. The Labute approximate surface area is 117 Å². The van der Waals surface area contributed by atoms with Gasteiger partial charge in [-0.2, -0.15) is 4.98 Å². The number of nitrogens with zero attached hydrogens (tertiary/aromatic N) is 3. The fourth-order valence-electron chi connectivity index (χ4n) is 2.42. The number of anilines is 1. The highest BCUT2D eigenvalue weighted by atomic mass is 79.9. The summed E-state index contributed by atoms with van der Waals surface area (Å²) in [5.74, 6) is 1.57. The van der Waals surface area contributed by atoms with Crippen molar-refractivity contribution in [3.63, 3.8) is 0 Å². The summed E-state index contributed by atoms with van der Waals surface area (Å²) in [4.78, 5) is 11.2. The quantitative estimate of drug-likeness (QED) is 0.783. The van der Waals surface area contributed by atoms with E-state index in [-0.39, 0.29) is 0 Å². The maximum absolute atomic E-state index is 5.42. The van der Waals surface area contributed by atoms with Crippen molar-refractivity contribution in [2.75, 3.05) is 23.4 Å². The highest BCUT2D eigenvalue weighted by molar-refractivity contribution is 9.09. The first kappa shape index (κ1) is 13.6. The predicted molar refractivity (Wildman–Crippen MR) is 76.6 cm³/mol. The van der Waals surface area contributed by atoms with Gasteiger partial charge in [-0.05, 0) is 32.6 Å². The van der Waals surface area contributed by atoms with E-state index in [1.165, 1.54) is 19.3 Å². The van der Waals surface area contributed by atoms with E-state index in [2.05, 4.69) is 30.8 Å². The second-order valence-electron chi connectivity index (χ2n) is 4.47. The van der Waals surface area contributed by atoms with Crippen molar-refractivity contribution in [3.05, 3.63) is 12.4 Å². The maximum Gasteiger partial charge on any atom is 0.234 e. The largest absolute Gasteiger partial charge is 0.477 e. The van der Waals surface area contributed by atoms with E-state index in [9.17, 15) is 0 Å². The molecule has 2 heterocycles. The third kappa shape index (κ3) is 3.34. The summed E-state index contributed by atoms with van der Waals surface area (Å²) in [6.45, 7) is 3.66. The fraction of sp³-hybridized carbons (Fsp3) is 0.692. The van der Waals surface area contributed by atoms with Crippen LogP contribution in [0.1, 0.15) is 32.6 Å². The smallest absolute Gasteiger partial charge is 0.234 e. The van der Waals surface area contributed by atoms with Crippen molar-refractivity contribution in [2.24, 2.45) is 0 Å². The molecule has 1 aliphatic rings. The van der Waals surface area contributed by atoms with E-state index in [1.54, 1.807) is 6.20 Å². The van der Waals surface area contributed by atoms with Crippen molar-refractivity contribution in [2.45, 2.75) is 38.6 Å². The summed E-state index contributed by atoms with van der Waals surface area (Å²) in [5.41, 5.74) is 0. The van der Waals surface area contributed by atoms with Crippen molar-refractivity contribution in [3.8, 4) is 5.88 Å². The fourth-order valence-corrected chi connectivity index (χ4v) is 2.95.